The second-order valence-electron chi connectivity index (χ2n) is 9.93. The fourth-order valence-corrected chi connectivity index (χ4v) is 4.84. The summed E-state index contributed by atoms with van der Waals surface area (Å²) in [5.41, 5.74) is 1.94. The number of halogens is 1. The molecule has 9 heteroatoms. The number of hydrogen-bond acceptors (Lipinski definition) is 5. The number of urea groups is 1. The second kappa shape index (κ2) is 14.6. The van der Waals surface area contributed by atoms with Crippen LogP contribution in [0, 0.1) is 0 Å². The van der Waals surface area contributed by atoms with Crippen LogP contribution in [0.15, 0.2) is 72.8 Å². The van der Waals surface area contributed by atoms with Crippen LogP contribution < -0.4 is 19.7 Å². The van der Waals surface area contributed by atoms with Crippen LogP contribution in [0.4, 0.5) is 16.2 Å². The van der Waals surface area contributed by atoms with Crippen LogP contribution in [-0.4, -0.2) is 49.0 Å². The van der Waals surface area contributed by atoms with E-state index in [-0.39, 0.29) is 18.9 Å². The number of imide groups is 1. The summed E-state index contributed by atoms with van der Waals surface area (Å²) in [6.45, 7) is 3.08. The Kier molecular flexibility index (Phi) is 10.6. The molecule has 8 nitrogen and oxygen atoms in total. The van der Waals surface area contributed by atoms with Crippen LogP contribution >= 0.6 is 11.6 Å². The molecule has 0 saturated carbocycles. The monoisotopic (exact) mass is 577 g/mol. The molecule has 216 valence electrons. The average Bonchev–Trinajstić information content (AvgIpc) is 3.21. The van der Waals surface area contributed by atoms with Crippen LogP contribution in [-0.2, 0) is 16.0 Å². The predicted molar refractivity (Wildman–Crippen MR) is 161 cm³/mol. The molecule has 3 aromatic carbocycles. The van der Waals surface area contributed by atoms with E-state index in [1.54, 1.807) is 48.5 Å². The number of methoxy groups -OCH3 is 1. The first-order valence-electron chi connectivity index (χ1n) is 14.0. The smallest absolute Gasteiger partial charge is 0.332 e. The van der Waals surface area contributed by atoms with Gasteiger partial charge >= 0.3 is 6.03 Å². The molecule has 4 amide bonds. The van der Waals surface area contributed by atoms with Gasteiger partial charge in [-0.05, 0) is 66.9 Å². The average molecular weight is 578 g/mol. The maximum atomic E-state index is 13.6. The minimum absolute atomic E-state index is 0.179. The number of rotatable bonds is 14. The molecule has 0 aliphatic carbocycles. The Labute approximate surface area is 246 Å². The normalized spacial score (nSPS) is 14.9. The zero-order valence-electron chi connectivity index (χ0n) is 23.5. The molecule has 0 radical (unpaired) electrons. The van der Waals surface area contributed by atoms with E-state index in [0.29, 0.717) is 35.2 Å². The Morgan fingerprint density at radius 2 is 1.71 bits per heavy atom. The van der Waals surface area contributed by atoms with Gasteiger partial charge in [-0.2, -0.15) is 0 Å². The van der Waals surface area contributed by atoms with Gasteiger partial charge in [0.2, 0.25) is 5.91 Å². The first-order valence-corrected chi connectivity index (χ1v) is 14.3. The zero-order chi connectivity index (χ0) is 29.2. The number of anilines is 2. The van der Waals surface area contributed by atoms with E-state index in [1.807, 2.05) is 24.3 Å². The third-order valence-corrected chi connectivity index (χ3v) is 7.22. The van der Waals surface area contributed by atoms with E-state index < -0.39 is 18.0 Å². The Morgan fingerprint density at radius 1 is 0.951 bits per heavy atom. The number of benzene rings is 3. The van der Waals surface area contributed by atoms with E-state index in [0.717, 1.165) is 29.1 Å². The fourth-order valence-electron chi connectivity index (χ4n) is 4.72. The van der Waals surface area contributed by atoms with E-state index >= 15 is 0 Å². The van der Waals surface area contributed by atoms with Crippen molar-refractivity contribution >= 4 is 40.8 Å². The quantitative estimate of drug-likeness (QED) is 0.170. The number of carbonyl (C=O) groups excluding carboxylic acids is 3. The Morgan fingerprint density at radius 3 is 2.41 bits per heavy atom. The van der Waals surface area contributed by atoms with Crippen molar-refractivity contribution in [3.63, 3.8) is 0 Å². The molecule has 1 atom stereocenters. The Balaban J connectivity index is 1.44. The molecule has 4 rings (SSSR count). The lowest BCUT2D eigenvalue weighted by atomic mass is 10.1. The highest BCUT2D eigenvalue weighted by Gasteiger charge is 2.46. The number of carbonyl (C=O) groups is 3. The number of unbranched alkanes of at least 4 members (excludes halogenated alkanes) is 3. The largest absolute Gasteiger partial charge is 0.497 e. The first-order chi connectivity index (χ1) is 19.9. The van der Waals surface area contributed by atoms with Gasteiger partial charge in [0.1, 0.15) is 17.5 Å². The minimum atomic E-state index is -0.952. The van der Waals surface area contributed by atoms with E-state index in [4.69, 9.17) is 21.1 Å². The van der Waals surface area contributed by atoms with Gasteiger partial charge < -0.3 is 19.7 Å². The van der Waals surface area contributed by atoms with E-state index in [9.17, 15) is 14.4 Å². The third kappa shape index (κ3) is 8.01. The standard InChI is InChI=1S/C32H36ClN3O5/c1-3-4-5-6-20-41-27-16-14-25(15-17-27)34-30(37)22-29-31(38)36(26-8-7-9-28(21-26)40-2)32(39)35(29)19-18-23-10-12-24(33)13-11-23/h7-17,21,29H,3-6,18-20,22H2,1-2H3,(H,34,37)/t29-/m1/s1. The molecular weight excluding hydrogens is 542 g/mol. The van der Waals surface area contributed by atoms with Crippen LogP contribution in [0.2, 0.25) is 5.02 Å². The molecule has 41 heavy (non-hydrogen) atoms. The molecule has 0 bridgehead atoms. The highest BCUT2D eigenvalue weighted by atomic mass is 35.5. The molecular formula is C32H36ClN3O5. The number of amides is 4. The van der Waals surface area contributed by atoms with Crippen molar-refractivity contribution in [3.8, 4) is 11.5 Å². The lowest BCUT2D eigenvalue weighted by Gasteiger charge is -2.21. The summed E-state index contributed by atoms with van der Waals surface area (Å²) >= 11 is 6.01. The van der Waals surface area contributed by atoms with Crippen LogP contribution in [0.3, 0.4) is 0 Å². The van der Waals surface area contributed by atoms with Crippen molar-refractivity contribution in [2.75, 3.05) is 30.5 Å². The van der Waals surface area contributed by atoms with Crippen molar-refractivity contribution in [2.45, 2.75) is 51.5 Å². The topological polar surface area (TPSA) is 88.2 Å². The molecule has 1 fully saturated rings. The molecule has 0 unspecified atom stereocenters. The van der Waals surface area contributed by atoms with Gasteiger partial charge in [0.15, 0.2) is 0 Å². The Hall–Kier alpha value is -4.04. The Bertz CT molecular complexity index is 1330. The van der Waals surface area contributed by atoms with Crippen molar-refractivity contribution < 1.29 is 23.9 Å². The predicted octanol–water partition coefficient (Wildman–Crippen LogP) is 6.72. The number of ether oxygens (including phenoxy) is 2. The molecule has 1 aliphatic heterocycles. The first kappa shape index (κ1) is 29.9. The summed E-state index contributed by atoms with van der Waals surface area (Å²) in [5, 5.41) is 3.47. The maximum absolute atomic E-state index is 13.6. The van der Waals surface area contributed by atoms with Gasteiger partial charge in [0.25, 0.3) is 5.91 Å². The molecule has 3 aromatic rings. The van der Waals surface area contributed by atoms with Crippen LogP contribution in [0.5, 0.6) is 11.5 Å². The van der Waals surface area contributed by atoms with Gasteiger partial charge in [-0.3, -0.25) is 9.59 Å². The van der Waals surface area contributed by atoms with Crippen molar-refractivity contribution in [2.24, 2.45) is 0 Å². The van der Waals surface area contributed by atoms with Crippen LogP contribution in [0.25, 0.3) is 0 Å². The summed E-state index contributed by atoms with van der Waals surface area (Å²) < 4.78 is 11.1. The van der Waals surface area contributed by atoms with Crippen molar-refractivity contribution in [1.82, 2.24) is 4.90 Å². The second-order valence-corrected chi connectivity index (χ2v) is 10.4. The lowest BCUT2D eigenvalue weighted by Crippen LogP contribution is -2.39. The molecule has 1 N–H and O–H groups in total. The fraction of sp³-hybridized carbons (Fsp3) is 0.344. The molecule has 1 saturated heterocycles. The van der Waals surface area contributed by atoms with E-state index in [2.05, 4.69) is 12.2 Å². The van der Waals surface area contributed by atoms with Gasteiger partial charge in [0, 0.05) is 23.3 Å². The number of hydrogen-bond donors (Lipinski definition) is 1. The summed E-state index contributed by atoms with van der Waals surface area (Å²) in [6.07, 6.45) is 4.83. The van der Waals surface area contributed by atoms with Gasteiger partial charge in [-0.15, -0.1) is 0 Å². The summed E-state index contributed by atoms with van der Waals surface area (Å²) in [4.78, 5) is 42.8. The van der Waals surface area contributed by atoms with Crippen molar-refractivity contribution in [1.29, 1.82) is 0 Å². The van der Waals surface area contributed by atoms with Crippen LogP contribution in [0.1, 0.15) is 44.6 Å². The third-order valence-electron chi connectivity index (χ3n) is 6.97. The lowest BCUT2D eigenvalue weighted by molar-refractivity contribution is -0.124. The van der Waals surface area contributed by atoms with Gasteiger partial charge in [-0.1, -0.05) is 56.0 Å². The zero-order valence-corrected chi connectivity index (χ0v) is 24.2. The highest BCUT2D eigenvalue weighted by molar-refractivity contribution is 6.30. The van der Waals surface area contributed by atoms with Gasteiger partial charge in [0.05, 0.1) is 25.8 Å². The summed E-state index contributed by atoms with van der Waals surface area (Å²) in [5.74, 6) is 0.429. The van der Waals surface area contributed by atoms with Crippen molar-refractivity contribution in [3.05, 3.63) is 83.4 Å². The van der Waals surface area contributed by atoms with E-state index in [1.165, 1.54) is 24.9 Å². The maximum Gasteiger partial charge on any atom is 0.332 e. The number of nitrogens with one attached hydrogen (secondary N) is 1. The molecule has 0 spiro atoms. The summed E-state index contributed by atoms with van der Waals surface area (Å²) in [7, 11) is 1.52. The summed E-state index contributed by atoms with van der Waals surface area (Å²) in [6, 6.07) is 19.8. The number of nitrogens with zero attached hydrogens (tertiary/aromatic N) is 2. The van der Waals surface area contributed by atoms with Gasteiger partial charge in [-0.25, -0.2) is 9.69 Å². The molecule has 1 heterocycles. The highest BCUT2D eigenvalue weighted by Crippen LogP contribution is 2.30. The minimum Gasteiger partial charge on any atom is -0.497 e. The SMILES string of the molecule is CCCCCCOc1ccc(NC(=O)C[C@@H]2C(=O)N(c3cccc(OC)c3)C(=O)N2CCc2ccc(Cl)cc2)cc1. The molecule has 1 aliphatic rings. The molecule has 0 aromatic heterocycles.